The molecular formula is C19H26N2O3. The van der Waals surface area contributed by atoms with Crippen molar-refractivity contribution in [2.24, 2.45) is 5.73 Å². The van der Waals surface area contributed by atoms with Crippen molar-refractivity contribution in [2.75, 3.05) is 26.3 Å². The van der Waals surface area contributed by atoms with Crippen LogP contribution in [0.1, 0.15) is 18.6 Å². The van der Waals surface area contributed by atoms with E-state index in [0.717, 1.165) is 12.1 Å². The molecule has 130 valence electrons. The SMILES string of the molecule is CCOC1C=CC=CC1O[C@@H](c1ccccc1)[C@@]1(N)CNCCO1. The zero-order valence-electron chi connectivity index (χ0n) is 14.1. The molecule has 2 aliphatic rings. The minimum atomic E-state index is -0.911. The van der Waals surface area contributed by atoms with E-state index >= 15 is 0 Å². The third-order valence-corrected chi connectivity index (χ3v) is 4.29. The van der Waals surface area contributed by atoms with Crippen LogP contribution >= 0.6 is 0 Å². The van der Waals surface area contributed by atoms with Gasteiger partial charge in [-0.3, -0.25) is 5.73 Å². The molecule has 2 unspecified atom stereocenters. The highest BCUT2D eigenvalue weighted by Crippen LogP contribution is 2.33. The van der Waals surface area contributed by atoms with Crippen LogP contribution in [0.5, 0.6) is 0 Å². The molecule has 3 rings (SSSR count). The minimum absolute atomic E-state index is 0.119. The Morgan fingerprint density at radius 3 is 2.67 bits per heavy atom. The van der Waals surface area contributed by atoms with E-state index in [2.05, 4.69) is 5.32 Å². The number of hydrogen-bond donors (Lipinski definition) is 2. The van der Waals surface area contributed by atoms with E-state index < -0.39 is 11.8 Å². The molecule has 1 aliphatic heterocycles. The van der Waals surface area contributed by atoms with Crippen LogP contribution in [0.15, 0.2) is 54.6 Å². The summed E-state index contributed by atoms with van der Waals surface area (Å²) < 4.78 is 18.2. The van der Waals surface area contributed by atoms with E-state index in [4.69, 9.17) is 19.9 Å². The molecule has 0 saturated carbocycles. The van der Waals surface area contributed by atoms with Crippen molar-refractivity contribution in [3.05, 3.63) is 60.2 Å². The topological polar surface area (TPSA) is 65.7 Å². The Hall–Kier alpha value is -1.50. The molecule has 1 aliphatic carbocycles. The predicted octanol–water partition coefficient (Wildman–Crippen LogP) is 1.92. The smallest absolute Gasteiger partial charge is 0.159 e. The zero-order valence-corrected chi connectivity index (χ0v) is 14.1. The van der Waals surface area contributed by atoms with Crippen molar-refractivity contribution in [1.29, 1.82) is 0 Å². The number of morpholine rings is 1. The van der Waals surface area contributed by atoms with E-state index in [9.17, 15) is 0 Å². The number of nitrogens with one attached hydrogen (secondary N) is 1. The summed E-state index contributed by atoms with van der Waals surface area (Å²) in [6, 6.07) is 10.0. The van der Waals surface area contributed by atoms with Gasteiger partial charge in [-0.15, -0.1) is 0 Å². The van der Waals surface area contributed by atoms with Gasteiger partial charge in [0.15, 0.2) is 5.72 Å². The normalized spacial score (nSPS) is 31.1. The average Bonchev–Trinajstić information content (AvgIpc) is 2.62. The fraction of sp³-hybridized carbons (Fsp3) is 0.474. The molecule has 4 atom stereocenters. The highest BCUT2D eigenvalue weighted by atomic mass is 16.6. The summed E-state index contributed by atoms with van der Waals surface area (Å²) in [4.78, 5) is 0. The fourth-order valence-electron chi connectivity index (χ4n) is 3.11. The monoisotopic (exact) mass is 330 g/mol. The molecule has 1 heterocycles. The summed E-state index contributed by atoms with van der Waals surface area (Å²) in [6.45, 7) is 4.52. The third kappa shape index (κ3) is 3.94. The van der Waals surface area contributed by atoms with E-state index in [1.807, 2.05) is 61.6 Å². The molecular weight excluding hydrogens is 304 g/mol. The van der Waals surface area contributed by atoms with Gasteiger partial charge in [0.05, 0.1) is 6.61 Å². The fourth-order valence-corrected chi connectivity index (χ4v) is 3.11. The van der Waals surface area contributed by atoms with E-state index in [0.29, 0.717) is 19.8 Å². The van der Waals surface area contributed by atoms with Crippen molar-refractivity contribution in [3.8, 4) is 0 Å². The number of nitrogens with two attached hydrogens (primary N) is 1. The van der Waals surface area contributed by atoms with Gasteiger partial charge in [0.1, 0.15) is 18.3 Å². The summed E-state index contributed by atoms with van der Waals surface area (Å²) in [5.74, 6) is 0. The number of allylic oxidation sites excluding steroid dienone is 2. The lowest BCUT2D eigenvalue weighted by Gasteiger charge is -2.42. The molecule has 1 saturated heterocycles. The standard InChI is InChI=1S/C19H26N2O3/c1-2-22-16-10-6-7-11-17(16)24-18(15-8-4-3-5-9-15)19(20)14-21-12-13-23-19/h3-11,16-18,21H,2,12-14,20H2,1H3/t16?,17?,18-,19+/m0/s1. The van der Waals surface area contributed by atoms with Crippen LogP contribution in [0.2, 0.25) is 0 Å². The molecule has 0 aromatic heterocycles. The van der Waals surface area contributed by atoms with E-state index in [1.54, 1.807) is 0 Å². The Morgan fingerprint density at radius 2 is 2.00 bits per heavy atom. The average molecular weight is 330 g/mol. The highest BCUT2D eigenvalue weighted by Gasteiger charge is 2.41. The maximum absolute atomic E-state index is 6.58. The molecule has 5 heteroatoms. The van der Waals surface area contributed by atoms with Gasteiger partial charge in [0, 0.05) is 19.7 Å². The number of benzene rings is 1. The number of ether oxygens (including phenoxy) is 3. The Kier molecular flexibility index (Phi) is 5.81. The van der Waals surface area contributed by atoms with Crippen LogP contribution in [-0.2, 0) is 14.2 Å². The second-order valence-electron chi connectivity index (χ2n) is 6.06. The van der Waals surface area contributed by atoms with E-state index in [-0.39, 0.29) is 12.2 Å². The van der Waals surface area contributed by atoms with Gasteiger partial charge in [0.2, 0.25) is 0 Å². The summed E-state index contributed by atoms with van der Waals surface area (Å²) in [5.41, 5.74) is 6.67. The van der Waals surface area contributed by atoms with E-state index in [1.165, 1.54) is 0 Å². The highest BCUT2D eigenvalue weighted by molar-refractivity contribution is 5.23. The van der Waals surface area contributed by atoms with Gasteiger partial charge in [0.25, 0.3) is 0 Å². The molecule has 1 aromatic rings. The summed E-state index contributed by atoms with van der Waals surface area (Å²) in [6.07, 6.45) is 7.27. The third-order valence-electron chi connectivity index (χ3n) is 4.29. The summed E-state index contributed by atoms with van der Waals surface area (Å²) in [7, 11) is 0. The van der Waals surface area contributed by atoms with Gasteiger partial charge >= 0.3 is 0 Å². The minimum Gasteiger partial charge on any atom is -0.371 e. The van der Waals surface area contributed by atoms with Crippen LogP contribution in [0.4, 0.5) is 0 Å². The molecule has 5 nitrogen and oxygen atoms in total. The van der Waals surface area contributed by atoms with Gasteiger partial charge in [-0.2, -0.15) is 0 Å². The van der Waals surface area contributed by atoms with Crippen LogP contribution in [0, 0.1) is 0 Å². The Labute approximate surface area is 143 Å². The molecule has 0 spiro atoms. The van der Waals surface area contributed by atoms with Crippen molar-refractivity contribution in [1.82, 2.24) is 5.32 Å². The number of hydrogen-bond acceptors (Lipinski definition) is 5. The maximum Gasteiger partial charge on any atom is 0.159 e. The first-order valence-electron chi connectivity index (χ1n) is 8.53. The quantitative estimate of drug-likeness (QED) is 0.834. The zero-order chi connectivity index (χ0) is 16.8. The predicted molar refractivity (Wildman–Crippen MR) is 93.5 cm³/mol. The molecule has 0 bridgehead atoms. The Balaban J connectivity index is 1.84. The van der Waals surface area contributed by atoms with Crippen molar-refractivity contribution < 1.29 is 14.2 Å². The first kappa shape index (κ1) is 17.3. The van der Waals surface area contributed by atoms with Gasteiger partial charge in [-0.25, -0.2) is 0 Å². The number of rotatable bonds is 6. The Morgan fingerprint density at radius 1 is 1.25 bits per heavy atom. The lowest BCUT2D eigenvalue weighted by atomic mass is 9.97. The second kappa shape index (κ2) is 8.05. The molecule has 1 aromatic carbocycles. The van der Waals surface area contributed by atoms with Gasteiger partial charge in [-0.1, -0.05) is 54.6 Å². The first-order valence-corrected chi connectivity index (χ1v) is 8.53. The molecule has 1 fully saturated rings. The summed E-state index contributed by atoms with van der Waals surface area (Å²) >= 11 is 0. The van der Waals surface area contributed by atoms with Gasteiger partial charge < -0.3 is 19.5 Å². The molecule has 0 amide bonds. The lowest BCUT2D eigenvalue weighted by Crippen LogP contribution is -2.61. The second-order valence-corrected chi connectivity index (χ2v) is 6.06. The molecule has 3 N–H and O–H groups in total. The summed E-state index contributed by atoms with van der Waals surface area (Å²) in [5, 5.41) is 3.31. The van der Waals surface area contributed by atoms with Gasteiger partial charge in [-0.05, 0) is 12.5 Å². The van der Waals surface area contributed by atoms with Crippen molar-refractivity contribution >= 4 is 0 Å². The van der Waals surface area contributed by atoms with Crippen LogP contribution in [0.25, 0.3) is 0 Å². The first-order chi connectivity index (χ1) is 11.7. The van der Waals surface area contributed by atoms with Crippen LogP contribution in [-0.4, -0.2) is 44.2 Å². The van der Waals surface area contributed by atoms with Crippen molar-refractivity contribution in [3.63, 3.8) is 0 Å². The Bertz CT molecular complexity index is 567. The maximum atomic E-state index is 6.58. The van der Waals surface area contributed by atoms with Crippen LogP contribution < -0.4 is 11.1 Å². The molecule has 0 radical (unpaired) electrons. The lowest BCUT2D eigenvalue weighted by molar-refractivity contribution is -0.181. The van der Waals surface area contributed by atoms with Crippen LogP contribution in [0.3, 0.4) is 0 Å². The van der Waals surface area contributed by atoms with Crippen molar-refractivity contribution in [2.45, 2.75) is 31.0 Å². The largest absolute Gasteiger partial charge is 0.371 e. The molecule has 24 heavy (non-hydrogen) atoms.